The molecule has 0 aliphatic heterocycles. The molecule has 3 aromatic carbocycles. The van der Waals surface area contributed by atoms with E-state index < -0.39 is 5.91 Å². The number of amides is 2. The fraction of sp³-hybridized carbons (Fsp3) is 0.0870. The maximum absolute atomic E-state index is 12.3. The zero-order valence-corrected chi connectivity index (χ0v) is 18.0. The summed E-state index contributed by atoms with van der Waals surface area (Å²) in [4.78, 5) is 27.1. The van der Waals surface area contributed by atoms with E-state index >= 15 is 0 Å². The van der Waals surface area contributed by atoms with E-state index in [9.17, 15) is 9.59 Å². The smallest absolute Gasteiger partial charge is 0.267 e. The molecule has 32 heavy (non-hydrogen) atoms. The first-order valence-electron chi connectivity index (χ1n) is 9.79. The molecule has 1 aromatic heterocycles. The van der Waals surface area contributed by atoms with Gasteiger partial charge in [0, 0.05) is 21.6 Å². The number of hydrogen-bond acceptors (Lipinski definition) is 6. The summed E-state index contributed by atoms with van der Waals surface area (Å²) in [5.41, 5.74) is 7.56. The number of carbonyl (C=O) groups is 2. The van der Waals surface area contributed by atoms with Crippen LogP contribution in [-0.2, 0) is 6.54 Å². The second-order valence-electron chi connectivity index (χ2n) is 6.84. The van der Waals surface area contributed by atoms with E-state index in [1.54, 1.807) is 36.0 Å². The van der Waals surface area contributed by atoms with E-state index in [-0.39, 0.29) is 5.91 Å². The van der Waals surface area contributed by atoms with Crippen LogP contribution in [0.15, 0.2) is 83.8 Å². The molecule has 0 fully saturated rings. The van der Waals surface area contributed by atoms with Gasteiger partial charge in [-0.15, -0.1) is 22.0 Å². The number of nitrogens with zero attached hydrogens (tertiary/aromatic N) is 4. The Labute approximate surface area is 189 Å². The van der Waals surface area contributed by atoms with Gasteiger partial charge in [0.1, 0.15) is 0 Å². The minimum Gasteiger partial charge on any atom is -0.267 e. The number of carbonyl (C=O) groups excluding carboxylic acids is 2. The number of benzene rings is 3. The van der Waals surface area contributed by atoms with Crippen molar-refractivity contribution in [3.05, 3.63) is 95.6 Å². The molecule has 0 spiro atoms. The third kappa shape index (κ3) is 5.19. The van der Waals surface area contributed by atoms with Crippen molar-refractivity contribution in [2.45, 2.75) is 11.4 Å². The maximum Gasteiger partial charge on any atom is 0.269 e. The molecular formula is C23H20N6O2S. The minimum atomic E-state index is -0.407. The van der Waals surface area contributed by atoms with Crippen LogP contribution in [0.25, 0.3) is 11.4 Å². The van der Waals surface area contributed by atoms with Gasteiger partial charge in [-0.3, -0.25) is 20.4 Å². The summed E-state index contributed by atoms with van der Waals surface area (Å²) >= 11 is 1.59. The number of nitrogens with one attached hydrogen (secondary N) is 2. The van der Waals surface area contributed by atoms with Gasteiger partial charge in [0.15, 0.2) is 0 Å². The Hall–Kier alpha value is -3.98. The summed E-state index contributed by atoms with van der Waals surface area (Å²) in [5.74, 6) is -0.231. The van der Waals surface area contributed by atoms with Crippen molar-refractivity contribution in [1.82, 2.24) is 31.1 Å². The second kappa shape index (κ2) is 9.88. The highest BCUT2D eigenvalue weighted by atomic mass is 32.2. The first-order chi connectivity index (χ1) is 15.6. The molecule has 8 nitrogen and oxygen atoms in total. The molecule has 0 unspecified atom stereocenters. The van der Waals surface area contributed by atoms with Crippen LogP contribution in [0.1, 0.15) is 26.3 Å². The Kier molecular flexibility index (Phi) is 6.57. The Morgan fingerprint density at radius 1 is 0.844 bits per heavy atom. The van der Waals surface area contributed by atoms with Crippen LogP contribution in [0.5, 0.6) is 0 Å². The average Bonchev–Trinajstić information content (AvgIpc) is 3.32. The van der Waals surface area contributed by atoms with Crippen LogP contribution in [-0.4, -0.2) is 38.3 Å². The first-order valence-corrected chi connectivity index (χ1v) is 11.0. The van der Waals surface area contributed by atoms with Gasteiger partial charge < -0.3 is 0 Å². The Morgan fingerprint density at radius 3 is 2.03 bits per heavy atom. The molecule has 4 rings (SSSR count). The molecule has 160 valence electrons. The van der Waals surface area contributed by atoms with Crippen molar-refractivity contribution in [3.8, 4) is 11.4 Å². The second-order valence-corrected chi connectivity index (χ2v) is 7.72. The van der Waals surface area contributed by atoms with Gasteiger partial charge in [-0.2, -0.15) is 4.80 Å². The van der Waals surface area contributed by atoms with Gasteiger partial charge in [0.2, 0.25) is 5.82 Å². The van der Waals surface area contributed by atoms with Gasteiger partial charge >= 0.3 is 0 Å². The van der Waals surface area contributed by atoms with E-state index in [4.69, 9.17) is 0 Å². The molecule has 0 radical (unpaired) electrons. The number of tetrazole rings is 1. The third-order valence-electron chi connectivity index (χ3n) is 4.67. The summed E-state index contributed by atoms with van der Waals surface area (Å²) in [5, 5.41) is 12.5. The quantitative estimate of drug-likeness (QED) is 0.350. The lowest BCUT2D eigenvalue weighted by molar-refractivity contribution is 0.0846. The van der Waals surface area contributed by atoms with Crippen LogP contribution in [0, 0.1) is 0 Å². The number of rotatable bonds is 6. The summed E-state index contributed by atoms with van der Waals surface area (Å²) in [6.45, 7) is 0.421. The van der Waals surface area contributed by atoms with Gasteiger partial charge in [-0.25, -0.2) is 0 Å². The zero-order chi connectivity index (χ0) is 22.3. The summed E-state index contributed by atoms with van der Waals surface area (Å²) in [6, 6.07) is 23.7. The average molecular weight is 445 g/mol. The Morgan fingerprint density at radius 2 is 1.44 bits per heavy atom. The molecule has 0 aliphatic carbocycles. The lowest BCUT2D eigenvalue weighted by Crippen LogP contribution is -2.41. The summed E-state index contributed by atoms with van der Waals surface area (Å²) in [7, 11) is 0. The highest BCUT2D eigenvalue weighted by molar-refractivity contribution is 7.98. The molecule has 2 N–H and O–H groups in total. The van der Waals surface area contributed by atoms with Gasteiger partial charge in [0.25, 0.3) is 11.8 Å². The van der Waals surface area contributed by atoms with Crippen molar-refractivity contribution in [1.29, 1.82) is 0 Å². The molecule has 0 saturated heterocycles. The van der Waals surface area contributed by atoms with E-state index in [2.05, 4.69) is 26.3 Å². The van der Waals surface area contributed by atoms with Crippen molar-refractivity contribution in [2.24, 2.45) is 0 Å². The van der Waals surface area contributed by atoms with Gasteiger partial charge in [-0.1, -0.05) is 42.5 Å². The fourth-order valence-electron chi connectivity index (χ4n) is 2.94. The highest BCUT2D eigenvalue weighted by Gasteiger charge is 2.10. The predicted molar refractivity (Wildman–Crippen MR) is 122 cm³/mol. The van der Waals surface area contributed by atoms with Crippen LogP contribution in [0.2, 0.25) is 0 Å². The summed E-state index contributed by atoms with van der Waals surface area (Å²) in [6.07, 6.45) is 1.96. The molecule has 9 heteroatoms. The normalized spacial score (nSPS) is 10.5. The third-order valence-corrected chi connectivity index (χ3v) is 5.41. The van der Waals surface area contributed by atoms with Crippen LogP contribution >= 0.6 is 11.8 Å². The van der Waals surface area contributed by atoms with Crippen molar-refractivity contribution in [3.63, 3.8) is 0 Å². The van der Waals surface area contributed by atoms with E-state index in [0.717, 1.165) is 16.0 Å². The molecule has 0 bridgehead atoms. The molecule has 0 atom stereocenters. The summed E-state index contributed by atoms with van der Waals surface area (Å²) < 4.78 is 0. The zero-order valence-electron chi connectivity index (χ0n) is 17.2. The molecule has 0 aliphatic rings. The lowest BCUT2D eigenvalue weighted by atomic mass is 10.1. The van der Waals surface area contributed by atoms with Crippen molar-refractivity contribution in [2.75, 3.05) is 6.26 Å². The molecule has 2 amide bonds. The lowest BCUT2D eigenvalue weighted by Gasteiger charge is -2.08. The Bertz CT molecular complexity index is 1210. The molecule has 0 saturated carbocycles. The monoisotopic (exact) mass is 444 g/mol. The Balaban J connectivity index is 1.32. The standard InChI is InChI=1S/C23H20N6O2S/c1-32-20-13-11-19(12-14-20)23(31)26-25-22(30)18-9-7-16(8-10-18)15-29-27-21(24-28-29)17-5-3-2-4-6-17/h2-14H,15H2,1H3,(H,25,30)(H,26,31). The van der Waals surface area contributed by atoms with E-state index in [0.29, 0.717) is 23.5 Å². The van der Waals surface area contributed by atoms with E-state index in [1.165, 1.54) is 4.80 Å². The van der Waals surface area contributed by atoms with Gasteiger partial charge in [0.05, 0.1) is 6.54 Å². The number of hydrogen-bond donors (Lipinski definition) is 2. The van der Waals surface area contributed by atoms with Gasteiger partial charge in [-0.05, 0) is 53.4 Å². The molecule has 1 heterocycles. The minimum absolute atomic E-state index is 0.380. The maximum atomic E-state index is 12.3. The van der Waals surface area contributed by atoms with Crippen molar-refractivity contribution < 1.29 is 9.59 Å². The fourth-order valence-corrected chi connectivity index (χ4v) is 3.35. The van der Waals surface area contributed by atoms with Crippen LogP contribution in [0.3, 0.4) is 0 Å². The number of hydrazine groups is 1. The number of thioether (sulfide) groups is 1. The topological polar surface area (TPSA) is 102 Å². The van der Waals surface area contributed by atoms with Crippen LogP contribution in [0.4, 0.5) is 0 Å². The largest absolute Gasteiger partial charge is 0.269 e. The SMILES string of the molecule is CSc1ccc(C(=O)NNC(=O)c2ccc(Cn3nnc(-c4ccccc4)n3)cc2)cc1. The van der Waals surface area contributed by atoms with Crippen LogP contribution < -0.4 is 10.9 Å². The number of aromatic nitrogens is 4. The first kappa shape index (κ1) is 21.3. The highest BCUT2D eigenvalue weighted by Crippen LogP contribution is 2.15. The van der Waals surface area contributed by atoms with E-state index in [1.807, 2.05) is 60.9 Å². The molecule has 4 aromatic rings. The molecular weight excluding hydrogens is 424 g/mol. The predicted octanol–water partition coefficient (Wildman–Crippen LogP) is 3.19. The van der Waals surface area contributed by atoms with Crippen molar-refractivity contribution >= 4 is 23.6 Å².